The molecule has 272 valence electrons. The van der Waals surface area contributed by atoms with Crippen LogP contribution in [0, 0.1) is 0 Å². The first-order chi connectivity index (χ1) is 24.5. The average Bonchev–Trinajstić information content (AvgIpc) is 3.52. The summed E-state index contributed by atoms with van der Waals surface area (Å²) in [5, 5.41) is 0.585. The van der Waals surface area contributed by atoms with Crippen molar-refractivity contribution in [2.24, 2.45) is 0 Å². The molecule has 16 heteroatoms. The van der Waals surface area contributed by atoms with E-state index in [1.807, 2.05) is 0 Å². The van der Waals surface area contributed by atoms with Gasteiger partial charge in [0.1, 0.15) is 0 Å². The van der Waals surface area contributed by atoms with E-state index in [0.717, 1.165) is 4.90 Å². The smallest absolute Gasteiger partial charge is 0.308 e. The Kier molecular flexibility index (Phi) is 7.79. The van der Waals surface area contributed by atoms with Gasteiger partial charge in [0.05, 0.1) is 50.1 Å². The Hall–Kier alpha value is -5.80. The lowest BCUT2D eigenvalue weighted by molar-refractivity contribution is -0.144. The van der Waals surface area contributed by atoms with Gasteiger partial charge in [-0.25, -0.2) is 0 Å². The lowest BCUT2D eigenvalue weighted by Gasteiger charge is -2.16. The lowest BCUT2D eigenvalue weighted by atomic mass is 9.97. The van der Waals surface area contributed by atoms with E-state index in [-0.39, 0.29) is 51.1 Å². The Balaban J connectivity index is 1.56. The van der Waals surface area contributed by atoms with Crippen molar-refractivity contribution >= 4 is 33.6 Å². The Bertz CT molecular complexity index is 2320. The minimum absolute atomic E-state index is 0.000421. The van der Waals surface area contributed by atoms with Crippen molar-refractivity contribution in [1.82, 2.24) is 9.47 Å². The first-order valence-corrected chi connectivity index (χ1v) is 15.2. The summed E-state index contributed by atoms with van der Waals surface area (Å²) in [6.07, 6.45) is -20.6. The molecular weight excluding hydrogens is 732 g/mol. The van der Waals surface area contributed by atoms with Crippen molar-refractivity contribution in [3.8, 4) is 27.9 Å². The Morgan fingerprint density at radius 2 is 0.849 bits per heavy atom. The first kappa shape index (κ1) is 35.6. The SMILES string of the molecule is CN1C(=O)c2cccc(-n3c4cc(-c5cc(C(F)(F)F)cc(C(F)(F)F)c5)ccc4c4ccc(-c5cc(C(F)(F)F)cc(C(F)(F)F)c5)cc43)c2C1=O. The minimum atomic E-state index is -5.16. The minimum Gasteiger partial charge on any atom is -0.308 e. The van der Waals surface area contributed by atoms with Gasteiger partial charge in [-0.15, -0.1) is 0 Å². The molecule has 7 rings (SSSR count). The van der Waals surface area contributed by atoms with E-state index < -0.39 is 69.9 Å². The molecule has 5 aromatic carbocycles. The molecule has 0 radical (unpaired) electrons. The molecule has 0 atom stereocenters. The van der Waals surface area contributed by atoms with E-state index in [9.17, 15) is 62.3 Å². The largest absolute Gasteiger partial charge is 0.416 e. The third-order valence-corrected chi connectivity index (χ3v) is 8.95. The van der Waals surface area contributed by atoms with Crippen molar-refractivity contribution in [2.45, 2.75) is 24.7 Å². The second-order valence-corrected chi connectivity index (χ2v) is 12.3. The van der Waals surface area contributed by atoms with Crippen LogP contribution in [0.15, 0.2) is 91.0 Å². The molecule has 0 aliphatic carbocycles. The number of nitrogens with zero attached hydrogens (tertiary/aromatic N) is 2. The van der Waals surface area contributed by atoms with Crippen molar-refractivity contribution in [3.05, 3.63) is 124 Å². The molecule has 1 aromatic heterocycles. The molecule has 6 aromatic rings. The summed E-state index contributed by atoms with van der Waals surface area (Å²) in [5.74, 6) is -1.47. The van der Waals surface area contributed by atoms with E-state index in [2.05, 4.69) is 0 Å². The molecule has 1 aliphatic rings. The summed E-state index contributed by atoms with van der Waals surface area (Å²) < 4.78 is 166. The number of rotatable bonds is 3. The predicted octanol–water partition coefficient (Wildman–Crippen LogP) is 11.4. The summed E-state index contributed by atoms with van der Waals surface area (Å²) in [7, 11) is 1.20. The molecular formula is C37H18F12N2O2. The number of fused-ring (bicyclic) bond motifs is 4. The second kappa shape index (κ2) is 11.6. The molecule has 0 unspecified atom stereocenters. The van der Waals surface area contributed by atoms with Crippen molar-refractivity contribution in [1.29, 1.82) is 0 Å². The van der Waals surface area contributed by atoms with E-state index in [4.69, 9.17) is 0 Å². The van der Waals surface area contributed by atoms with Crippen molar-refractivity contribution in [2.75, 3.05) is 7.05 Å². The van der Waals surface area contributed by atoms with Crippen LogP contribution in [0.25, 0.3) is 49.7 Å². The summed E-state index contributed by atoms with van der Waals surface area (Å²) in [4.78, 5) is 27.1. The summed E-state index contributed by atoms with van der Waals surface area (Å²) in [6.45, 7) is 0. The molecule has 0 fully saturated rings. The molecule has 0 saturated carbocycles. The molecule has 1 aliphatic heterocycles. The van der Waals surface area contributed by atoms with Crippen LogP contribution in [0.2, 0.25) is 0 Å². The third-order valence-electron chi connectivity index (χ3n) is 8.95. The maximum atomic E-state index is 13.8. The van der Waals surface area contributed by atoms with Gasteiger partial charge in [-0.1, -0.05) is 30.3 Å². The molecule has 53 heavy (non-hydrogen) atoms. The standard InChI is InChI=1S/C37H18F12N2O2/c1-50-32(52)27-3-2-4-28(31(27)33(50)53)51-29-13-17(19-9-21(34(38,39)40)15-22(10-19)35(41,42)43)5-7-25(29)26-8-6-18(14-30(26)51)20-11-23(36(44,45)46)16-24(12-20)37(47,48)49/h2-16H,1H3. The highest BCUT2D eigenvalue weighted by Crippen LogP contribution is 2.44. The third kappa shape index (κ3) is 6.04. The van der Waals surface area contributed by atoms with E-state index >= 15 is 0 Å². The van der Waals surface area contributed by atoms with Crippen LogP contribution >= 0.6 is 0 Å². The average molecular weight is 751 g/mol. The maximum Gasteiger partial charge on any atom is 0.416 e. The van der Waals surface area contributed by atoms with Gasteiger partial charge in [-0.2, -0.15) is 52.7 Å². The molecule has 0 spiro atoms. The molecule has 2 amide bonds. The summed E-state index contributed by atoms with van der Waals surface area (Å²) in [5.41, 5.74) is -7.65. The van der Waals surface area contributed by atoms with Crippen LogP contribution in [0.4, 0.5) is 52.7 Å². The first-order valence-electron chi connectivity index (χ1n) is 15.2. The number of aromatic nitrogens is 1. The van der Waals surface area contributed by atoms with Gasteiger partial charge in [0.15, 0.2) is 0 Å². The summed E-state index contributed by atoms with van der Waals surface area (Å²) >= 11 is 0. The lowest BCUT2D eigenvalue weighted by Crippen LogP contribution is -2.24. The number of alkyl halides is 12. The Morgan fingerprint density at radius 1 is 0.453 bits per heavy atom. The van der Waals surface area contributed by atoms with Crippen LogP contribution < -0.4 is 0 Å². The number of hydrogen-bond acceptors (Lipinski definition) is 2. The van der Waals surface area contributed by atoms with Gasteiger partial charge in [-0.05, 0) is 82.9 Å². The highest BCUT2D eigenvalue weighted by molar-refractivity contribution is 6.23. The van der Waals surface area contributed by atoms with Crippen LogP contribution in [0.5, 0.6) is 0 Å². The highest BCUT2D eigenvalue weighted by atomic mass is 19.4. The zero-order chi connectivity index (χ0) is 38.6. The number of benzene rings is 5. The van der Waals surface area contributed by atoms with Gasteiger partial charge >= 0.3 is 24.7 Å². The molecule has 0 saturated heterocycles. The molecule has 0 N–H and O–H groups in total. The number of hydrogen-bond donors (Lipinski definition) is 0. The fourth-order valence-electron chi connectivity index (χ4n) is 6.45. The predicted molar refractivity (Wildman–Crippen MR) is 168 cm³/mol. The van der Waals surface area contributed by atoms with Gasteiger partial charge < -0.3 is 4.57 Å². The van der Waals surface area contributed by atoms with Gasteiger partial charge in [0.25, 0.3) is 11.8 Å². The van der Waals surface area contributed by atoms with Crippen LogP contribution in [-0.4, -0.2) is 28.3 Å². The highest BCUT2D eigenvalue weighted by Gasteiger charge is 2.39. The molecule has 2 heterocycles. The van der Waals surface area contributed by atoms with Crippen LogP contribution in [0.1, 0.15) is 43.0 Å². The van der Waals surface area contributed by atoms with Gasteiger partial charge in [0.2, 0.25) is 0 Å². The fourth-order valence-corrected chi connectivity index (χ4v) is 6.45. The molecule has 0 bridgehead atoms. The van der Waals surface area contributed by atoms with Crippen LogP contribution in [-0.2, 0) is 24.7 Å². The maximum absolute atomic E-state index is 13.8. The Labute approximate surface area is 289 Å². The van der Waals surface area contributed by atoms with Crippen molar-refractivity contribution in [3.63, 3.8) is 0 Å². The van der Waals surface area contributed by atoms with Gasteiger partial charge in [-0.3, -0.25) is 14.5 Å². The Morgan fingerprint density at radius 3 is 1.23 bits per heavy atom. The number of halogens is 12. The van der Waals surface area contributed by atoms with E-state index in [1.54, 1.807) is 0 Å². The van der Waals surface area contributed by atoms with Crippen LogP contribution in [0.3, 0.4) is 0 Å². The number of carbonyl (C=O) groups excluding carboxylic acids is 2. The monoisotopic (exact) mass is 750 g/mol. The number of amides is 2. The fraction of sp³-hybridized carbons (Fsp3) is 0.135. The number of imide groups is 1. The normalized spacial score (nSPS) is 14.2. The summed E-state index contributed by atoms with van der Waals surface area (Å²) in [6, 6.07) is 13.8. The second-order valence-electron chi connectivity index (χ2n) is 12.3. The zero-order valence-corrected chi connectivity index (χ0v) is 26.4. The zero-order valence-electron chi connectivity index (χ0n) is 26.4. The quantitative estimate of drug-likeness (QED) is 0.134. The topological polar surface area (TPSA) is 42.3 Å². The van der Waals surface area contributed by atoms with Crippen molar-refractivity contribution < 1.29 is 62.3 Å². The number of carbonyl (C=O) groups is 2. The van der Waals surface area contributed by atoms with E-state index in [1.165, 1.54) is 66.2 Å². The van der Waals surface area contributed by atoms with E-state index in [0.29, 0.717) is 35.0 Å². The molecule has 4 nitrogen and oxygen atoms in total. The van der Waals surface area contributed by atoms with Gasteiger partial charge in [0, 0.05) is 17.8 Å².